The van der Waals surface area contributed by atoms with Crippen molar-refractivity contribution < 1.29 is 51.2 Å². The number of carbonyl (C=O) groups is 3. The lowest BCUT2D eigenvalue weighted by atomic mass is 9.70. The molecule has 111 heavy (non-hydrogen) atoms. The molecule has 2 heterocycles. The van der Waals surface area contributed by atoms with Gasteiger partial charge in [0.05, 0.1) is 63.7 Å². The van der Waals surface area contributed by atoms with Gasteiger partial charge in [-0.1, -0.05) is 210 Å². The second-order valence-corrected chi connectivity index (χ2v) is 32.3. The van der Waals surface area contributed by atoms with E-state index in [1.807, 2.05) is 95.1 Å². The van der Waals surface area contributed by atoms with E-state index in [-0.39, 0.29) is 31.2 Å². The Hall–Kier alpha value is -9.14. The van der Waals surface area contributed by atoms with Crippen molar-refractivity contribution >= 4 is 116 Å². The van der Waals surface area contributed by atoms with Crippen molar-refractivity contribution in [2.75, 3.05) is 49.5 Å². The Morgan fingerprint density at radius 2 is 1.05 bits per heavy atom. The van der Waals surface area contributed by atoms with E-state index in [9.17, 15) is 27.6 Å². The number of benzene rings is 8. The van der Waals surface area contributed by atoms with Gasteiger partial charge in [-0.05, 0) is 200 Å². The summed E-state index contributed by atoms with van der Waals surface area (Å²) in [6, 6.07) is 49.2. The molecule has 0 amide bonds. The van der Waals surface area contributed by atoms with Gasteiger partial charge in [0, 0.05) is 41.6 Å². The fourth-order valence-corrected chi connectivity index (χ4v) is 18.2. The van der Waals surface area contributed by atoms with Crippen LogP contribution in [0.4, 0.5) is 23.4 Å². The highest BCUT2D eigenvalue weighted by Gasteiger charge is 2.39. The monoisotopic (exact) mass is 1540 g/mol. The second-order valence-electron chi connectivity index (χ2n) is 30.3. The van der Waals surface area contributed by atoms with Gasteiger partial charge >= 0.3 is 24.1 Å². The number of fused-ring (bicyclic) bond motifs is 7. The quantitative estimate of drug-likeness (QED) is 0.00698. The number of hydrogen-bond donors (Lipinski definition) is 0. The Labute approximate surface area is 658 Å². The molecule has 10 aromatic rings. The highest BCUT2D eigenvalue weighted by molar-refractivity contribution is 7.22. The number of hydrogen-bond acceptors (Lipinski definition) is 16. The van der Waals surface area contributed by atoms with E-state index < -0.39 is 23.7 Å². The molecule has 8 aromatic carbocycles. The van der Waals surface area contributed by atoms with Crippen molar-refractivity contribution in [2.45, 2.75) is 186 Å². The number of aromatic nitrogens is 2. The zero-order chi connectivity index (χ0) is 77.1. The van der Waals surface area contributed by atoms with E-state index in [0.717, 1.165) is 198 Å². The summed E-state index contributed by atoms with van der Waals surface area (Å²) in [4.78, 5) is 52.3. The lowest BCUT2D eigenvalue weighted by Gasteiger charge is -2.37. The van der Waals surface area contributed by atoms with Gasteiger partial charge in [-0.3, -0.25) is 4.79 Å². The summed E-state index contributed by atoms with van der Waals surface area (Å²) >= 11 is 3.20. The van der Waals surface area contributed by atoms with Crippen LogP contribution in [0.3, 0.4) is 0 Å². The van der Waals surface area contributed by atoms with Crippen LogP contribution in [-0.2, 0) is 23.8 Å². The molecule has 0 aliphatic heterocycles. The molecule has 3 aliphatic rings. The van der Waals surface area contributed by atoms with Gasteiger partial charge in [-0.15, -0.1) is 6.58 Å². The van der Waals surface area contributed by atoms with Gasteiger partial charge in [0.1, 0.15) is 23.7 Å². The largest absolute Gasteiger partial charge is 0.460 e. The Kier molecular flexibility index (Phi) is 28.0. The van der Waals surface area contributed by atoms with Gasteiger partial charge in [0.2, 0.25) is 10.3 Å². The van der Waals surface area contributed by atoms with Gasteiger partial charge in [-0.2, -0.15) is 23.4 Å². The molecule has 3 fully saturated rings. The molecule has 0 atom stereocenters. The molecule has 0 spiro atoms. The van der Waals surface area contributed by atoms with Crippen molar-refractivity contribution in [1.82, 2.24) is 9.97 Å². The van der Waals surface area contributed by atoms with Crippen molar-refractivity contribution in [3.63, 3.8) is 0 Å². The molecule has 0 saturated heterocycles. The maximum absolute atomic E-state index is 15.0. The molecular formula is C92H103F3N6O8S2. The van der Waals surface area contributed by atoms with E-state index in [1.54, 1.807) is 28.9 Å². The predicted octanol–water partition coefficient (Wildman–Crippen LogP) is 24.1. The third-order valence-electron chi connectivity index (χ3n) is 22.7. The highest BCUT2D eigenvalue weighted by atomic mass is 32.1. The Bertz CT molecular complexity index is 4880. The first-order chi connectivity index (χ1) is 54.2. The minimum Gasteiger partial charge on any atom is -0.460 e. The van der Waals surface area contributed by atoms with Crippen LogP contribution in [0.1, 0.15) is 201 Å². The molecular weight excluding hydrogens is 1440 g/mol. The van der Waals surface area contributed by atoms with E-state index in [1.165, 1.54) is 18.4 Å². The third-order valence-corrected chi connectivity index (χ3v) is 24.8. The number of nitrogens with zero attached hydrogens (tertiary/aromatic N) is 6. The van der Waals surface area contributed by atoms with Crippen LogP contribution in [0.15, 0.2) is 181 Å². The number of alkyl halides is 3. The minimum atomic E-state index is -4.85. The summed E-state index contributed by atoms with van der Waals surface area (Å²) in [5, 5.41) is 22.0. The zero-order valence-corrected chi connectivity index (χ0v) is 65.7. The lowest BCUT2D eigenvalue weighted by Crippen LogP contribution is -2.32. The first kappa shape index (κ1) is 79.9. The molecule has 3 aliphatic carbocycles. The van der Waals surface area contributed by atoms with Gasteiger partial charge < -0.3 is 23.7 Å². The minimum absolute atomic E-state index is 0.000530. The summed E-state index contributed by atoms with van der Waals surface area (Å²) in [6.45, 7) is 13.3. The summed E-state index contributed by atoms with van der Waals surface area (Å²) in [5.74, 6) is -0.133. The van der Waals surface area contributed by atoms with Crippen LogP contribution in [0.2, 0.25) is 0 Å². The number of carbonyl (C=O) groups excluding carboxylic acids is 3. The van der Waals surface area contributed by atoms with Gasteiger partial charge in [-0.25, -0.2) is 29.6 Å². The van der Waals surface area contributed by atoms with Crippen LogP contribution in [-0.4, -0.2) is 92.1 Å². The summed E-state index contributed by atoms with van der Waals surface area (Å²) in [5.41, 5.74) is 5.17. The average Bonchev–Trinajstić information content (AvgIpc) is 1.05. The number of halogens is 3. The molecule has 582 valence electrons. The molecule has 19 heteroatoms. The van der Waals surface area contributed by atoms with E-state index in [2.05, 4.69) is 99.8 Å². The maximum atomic E-state index is 15.0. The standard InChI is InChI=1S/C92H103F3N6O8S2/c1-5-8-10-12-14-20-54-100(90-98-85-75-24-18-16-22-70(75)44-52-83(85)110-90)96-59-79-77-49-51-82(109-89(104)73-40-36-68(37-41-73)69-42-46-74(47-43-69)106-57-58-107-87(102)62(4)92(93,94)95)80(60-97-101(55-21-15-13-11-9-6-2)91-99-86-76-25-19-17-23-71(76)45-53-84(86)111-91)78(77)48-50-81(79)108-88(103)72-38-34-67(35-39-72)66-32-30-65(31-33-66)64-28-26-63(27-29-64)61-105-56-7-3/h7,16-19,22-25,30-35,38-39,44-45,48-53,59-60,63-64,68-69,73-74H,3-6,8-15,20-21,26-29,36-37,40-43,46-47,54-58,61H2,1-2H3/b96-59+,97-60+. The predicted molar refractivity (Wildman–Crippen MR) is 446 cm³/mol. The van der Waals surface area contributed by atoms with Crippen LogP contribution < -0.4 is 19.5 Å². The SMILES string of the molecule is C=CCOCC1CCC(c2ccc(-c3ccc(C(=O)Oc4ccc5c(/C=N/N(CCCCCCCC)c6nc7c(ccc8ccccc87)s6)c(OC(=O)C6CCC(C7CCC(OCCOC(=O)C(=C)C(F)(F)F)CC7)CC6)ccc5c4/C=N/N(CCCCCCCC)c4nc5c(ccc6ccccc65)s4)cc3)cc2)CC1. The molecule has 3 saturated carbocycles. The topological polar surface area (TPSA) is 154 Å². The smallest absolute Gasteiger partial charge is 0.422 e. The van der Waals surface area contributed by atoms with Crippen molar-refractivity contribution in [3.8, 4) is 22.6 Å². The first-order valence-corrected chi connectivity index (χ1v) is 42.0. The van der Waals surface area contributed by atoms with Crippen molar-refractivity contribution in [2.24, 2.45) is 33.9 Å². The fourth-order valence-electron chi connectivity index (χ4n) is 16.3. The zero-order valence-electron chi connectivity index (χ0n) is 64.1. The fraction of sp³-hybridized carbons (Fsp3) is 0.424. The molecule has 0 radical (unpaired) electrons. The second kappa shape index (κ2) is 38.9. The highest BCUT2D eigenvalue weighted by Crippen LogP contribution is 2.44. The Morgan fingerprint density at radius 1 is 0.550 bits per heavy atom. The number of rotatable bonds is 36. The van der Waals surface area contributed by atoms with Gasteiger partial charge in [0.25, 0.3) is 0 Å². The molecule has 13 rings (SSSR count). The number of unbranched alkanes of at least 4 members (excludes halogenated alkanes) is 10. The van der Waals surface area contributed by atoms with Crippen LogP contribution in [0.25, 0.3) is 63.9 Å². The number of esters is 3. The van der Waals surface area contributed by atoms with Crippen LogP contribution >= 0.6 is 22.7 Å². The van der Waals surface area contributed by atoms with Crippen LogP contribution in [0, 0.1) is 23.7 Å². The molecule has 0 bridgehead atoms. The number of thiazole rings is 2. The lowest BCUT2D eigenvalue weighted by molar-refractivity contribution is -0.152. The Balaban J connectivity index is 0.825. The summed E-state index contributed by atoms with van der Waals surface area (Å²) in [7, 11) is 0. The molecule has 14 nitrogen and oxygen atoms in total. The van der Waals surface area contributed by atoms with Crippen molar-refractivity contribution in [3.05, 3.63) is 193 Å². The molecule has 0 unspecified atom stereocenters. The van der Waals surface area contributed by atoms with Crippen molar-refractivity contribution in [1.29, 1.82) is 0 Å². The van der Waals surface area contributed by atoms with E-state index in [4.69, 9.17) is 43.9 Å². The first-order valence-electron chi connectivity index (χ1n) is 40.4. The normalized spacial score (nSPS) is 18.4. The van der Waals surface area contributed by atoms with E-state index >= 15 is 0 Å². The Morgan fingerprint density at radius 3 is 1.59 bits per heavy atom. The number of ether oxygens (including phenoxy) is 5. The summed E-state index contributed by atoms with van der Waals surface area (Å²) < 4.78 is 70.9. The average molecular weight is 1540 g/mol. The molecule has 2 aromatic heterocycles. The number of anilines is 2. The van der Waals surface area contributed by atoms with E-state index in [0.29, 0.717) is 95.2 Å². The van der Waals surface area contributed by atoms with Crippen LogP contribution in [0.5, 0.6) is 11.5 Å². The summed E-state index contributed by atoms with van der Waals surface area (Å²) in [6.07, 6.45) is 24.5. The third kappa shape index (κ3) is 20.6. The molecule has 0 N–H and O–H groups in total. The number of hydrazone groups is 2. The maximum Gasteiger partial charge on any atom is 0.422 e. The van der Waals surface area contributed by atoms with Gasteiger partial charge in [0.15, 0.2) is 0 Å².